The minimum Gasteiger partial charge on any atom is -0.443 e. The van der Waals surface area contributed by atoms with Gasteiger partial charge in [-0.25, -0.2) is 19.4 Å². The summed E-state index contributed by atoms with van der Waals surface area (Å²) in [5.74, 6) is -0.711. The smallest absolute Gasteiger partial charge is 0.417 e. The van der Waals surface area contributed by atoms with Crippen molar-refractivity contribution in [3.05, 3.63) is 29.8 Å². The Morgan fingerprint density at radius 2 is 1.87 bits per heavy atom. The average Bonchev–Trinajstić information content (AvgIpc) is 2.85. The number of nitrogens with zero attached hydrogens (tertiary/aromatic N) is 2. The Kier molecular flexibility index (Phi) is 5.62. The molecular weight excluding hydrogens is 386 g/mol. The van der Waals surface area contributed by atoms with Crippen LogP contribution in [0.1, 0.15) is 53.0 Å². The quantitative estimate of drug-likeness (QED) is 0.800. The second-order valence-corrected chi connectivity index (χ2v) is 9.35. The summed E-state index contributed by atoms with van der Waals surface area (Å²) in [5.41, 5.74) is -0.0520. The molecule has 1 saturated heterocycles. The lowest BCUT2D eigenvalue weighted by atomic mass is 9.86. The summed E-state index contributed by atoms with van der Waals surface area (Å²) in [6.45, 7) is 9.33. The number of para-hydroxylation sites is 1. The Hall–Kier alpha value is -2.90. The van der Waals surface area contributed by atoms with Gasteiger partial charge >= 0.3 is 12.1 Å². The Labute approximate surface area is 176 Å². The maximum absolute atomic E-state index is 12.8. The van der Waals surface area contributed by atoms with Crippen molar-refractivity contribution in [3.8, 4) is 0 Å². The topological polar surface area (TPSA) is 96.0 Å². The zero-order valence-corrected chi connectivity index (χ0v) is 18.2. The molecule has 1 aromatic carbocycles. The molecular formula is C22H29N3O5. The van der Waals surface area contributed by atoms with Crippen molar-refractivity contribution in [1.29, 1.82) is 0 Å². The van der Waals surface area contributed by atoms with Crippen molar-refractivity contribution < 1.29 is 23.9 Å². The van der Waals surface area contributed by atoms with Gasteiger partial charge < -0.3 is 10.1 Å². The molecule has 1 fully saturated rings. The lowest BCUT2D eigenvalue weighted by molar-refractivity contribution is -0.134. The molecule has 2 aliphatic heterocycles. The van der Waals surface area contributed by atoms with E-state index in [1.165, 1.54) is 4.90 Å². The van der Waals surface area contributed by atoms with Crippen molar-refractivity contribution in [2.24, 2.45) is 5.92 Å². The van der Waals surface area contributed by atoms with Crippen LogP contribution in [0.15, 0.2) is 24.3 Å². The molecule has 0 saturated carbocycles. The zero-order valence-electron chi connectivity index (χ0n) is 18.2. The Balaban J connectivity index is 1.59. The van der Waals surface area contributed by atoms with E-state index in [0.717, 1.165) is 10.5 Å². The number of carbonyl (C=O) groups is 4. The van der Waals surface area contributed by atoms with Gasteiger partial charge in [-0.05, 0) is 58.6 Å². The van der Waals surface area contributed by atoms with E-state index in [-0.39, 0.29) is 37.2 Å². The van der Waals surface area contributed by atoms with E-state index in [9.17, 15) is 19.2 Å². The molecule has 1 N–H and O–H groups in total. The van der Waals surface area contributed by atoms with Gasteiger partial charge in [-0.15, -0.1) is 0 Å². The average molecular weight is 415 g/mol. The molecule has 1 aromatic rings. The van der Waals surface area contributed by atoms with E-state index in [2.05, 4.69) is 5.32 Å². The van der Waals surface area contributed by atoms with E-state index >= 15 is 0 Å². The number of nitrogens with one attached hydrogen (secondary N) is 1. The molecule has 8 heteroatoms. The highest BCUT2D eigenvalue weighted by Crippen LogP contribution is 2.41. The Morgan fingerprint density at radius 3 is 2.50 bits per heavy atom. The normalized spacial score (nSPS) is 20.8. The molecule has 5 amide bonds. The van der Waals surface area contributed by atoms with Crippen LogP contribution in [-0.4, -0.2) is 47.5 Å². The van der Waals surface area contributed by atoms with Crippen molar-refractivity contribution in [2.45, 2.75) is 58.5 Å². The highest BCUT2D eigenvalue weighted by Gasteiger charge is 2.46. The van der Waals surface area contributed by atoms with Gasteiger partial charge in [0.05, 0.1) is 11.1 Å². The molecule has 30 heavy (non-hydrogen) atoms. The highest BCUT2D eigenvalue weighted by molar-refractivity contribution is 6.22. The number of likely N-dealkylation sites (tertiary alicyclic amines) is 1. The third-order valence-electron chi connectivity index (χ3n) is 5.44. The van der Waals surface area contributed by atoms with Crippen molar-refractivity contribution in [3.63, 3.8) is 0 Å². The van der Waals surface area contributed by atoms with Crippen LogP contribution in [0, 0.1) is 5.92 Å². The summed E-state index contributed by atoms with van der Waals surface area (Å²) < 4.78 is 5.27. The predicted octanol–water partition coefficient (Wildman–Crippen LogP) is 3.19. The van der Waals surface area contributed by atoms with Crippen molar-refractivity contribution in [1.82, 2.24) is 10.2 Å². The largest absolute Gasteiger partial charge is 0.443 e. The number of piperidine rings is 1. The number of benzene rings is 1. The molecule has 162 valence electrons. The minimum absolute atomic E-state index is 0.110. The fourth-order valence-corrected chi connectivity index (χ4v) is 3.79. The van der Waals surface area contributed by atoms with Gasteiger partial charge in [0.15, 0.2) is 0 Å². The van der Waals surface area contributed by atoms with Crippen LogP contribution in [-0.2, 0) is 19.7 Å². The fourth-order valence-electron chi connectivity index (χ4n) is 3.79. The van der Waals surface area contributed by atoms with Gasteiger partial charge in [0.25, 0.3) is 0 Å². The number of carbonyl (C=O) groups excluding carboxylic acids is 4. The van der Waals surface area contributed by atoms with E-state index in [0.29, 0.717) is 12.1 Å². The van der Waals surface area contributed by atoms with E-state index in [4.69, 9.17) is 4.74 Å². The zero-order chi connectivity index (χ0) is 22.3. The summed E-state index contributed by atoms with van der Waals surface area (Å²) in [5, 5.41) is 2.79. The Bertz CT molecular complexity index is 887. The summed E-state index contributed by atoms with van der Waals surface area (Å²) in [6.07, 6.45) is 0.0492. The summed E-state index contributed by atoms with van der Waals surface area (Å²) in [4.78, 5) is 52.4. The molecule has 1 atom stereocenters. The van der Waals surface area contributed by atoms with Crippen LogP contribution in [0.2, 0.25) is 0 Å². The summed E-state index contributed by atoms with van der Waals surface area (Å²) in [6, 6.07) is 6.74. The lowest BCUT2D eigenvalue weighted by Crippen LogP contribution is -2.49. The van der Waals surface area contributed by atoms with Gasteiger partial charge in [-0.1, -0.05) is 18.2 Å². The molecule has 2 aliphatic rings. The van der Waals surface area contributed by atoms with Gasteiger partial charge in [0, 0.05) is 19.5 Å². The first-order valence-corrected chi connectivity index (χ1v) is 10.2. The van der Waals surface area contributed by atoms with Crippen LogP contribution in [0.25, 0.3) is 0 Å². The maximum Gasteiger partial charge on any atom is 0.417 e. The van der Waals surface area contributed by atoms with E-state index in [1.807, 2.05) is 12.1 Å². The molecule has 0 bridgehead atoms. The third kappa shape index (κ3) is 4.17. The van der Waals surface area contributed by atoms with E-state index in [1.54, 1.807) is 46.8 Å². The van der Waals surface area contributed by atoms with E-state index < -0.39 is 23.1 Å². The molecule has 0 aliphatic carbocycles. The molecule has 3 rings (SSSR count). The first-order valence-electron chi connectivity index (χ1n) is 10.2. The second kappa shape index (κ2) is 7.74. The third-order valence-corrected chi connectivity index (χ3v) is 5.44. The monoisotopic (exact) mass is 415 g/mol. The SMILES string of the molecule is CC(C)(C)OC(=O)N1CCC(CNC(=O)N2C(=O)C(C)(C)c3ccccc32)CC1=O. The number of rotatable bonds is 2. The number of anilines is 1. The number of imide groups is 2. The molecule has 0 spiro atoms. The van der Waals surface area contributed by atoms with Gasteiger partial charge in [-0.2, -0.15) is 0 Å². The van der Waals surface area contributed by atoms with Crippen LogP contribution in [0.5, 0.6) is 0 Å². The fraction of sp³-hybridized carbons (Fsp3) is 0.545. The minimum atomic E-state index is -0.775. The Morgan fingerprint density at radius 1 is 1.20 bits per heavy atom. The first kappa shape index (κ1) is 21.8. The lowest BCUT2D eigenvalue weighted by Gasteiger charge is -2.32. The predicted molar refractivity (Wildman–Crippen MR) is 111 cm³/mol. The molecule has 8 nitrogen and oxygen atoms in total. The molecule has 2 heterocycles. The van der Waals surface area contributed by atoms with Gasteiger partial charge in [0.1, 0.15) is 5.60 Å². The van der Waals surface area contributed by atoms with Gasteiger partial charge in [0.2, 0.25) is 11.8 Å². The molecule has 1 unspecified atom stereocenters. The van der Waals surface area contributed by atoms with Gasteiger partial charge in [-0.3, -0.25) is 9.59 Å². The first-order chi connectivity index (χ1) is 13.9. The highest BCUT2D eigenvalue weighted by atomic mass is 16.6. The number of amides is 5. The van der Waals surface area contributed by atoms with Crippen LogP contribution in [0.4, 0.5) is 15.3 Å². The van der Waals surface area contributed by atoms with Crippen LogP contribution in [0.3, 0.4) is 0 Å². The standard InChI is InChI=1S/C22H29N3O5/c1-21(2,3)30-20(29)24-11-10-14(12-17(24)26)13-23-19(28)25-16-9-7-6-8-15(16)22(4,5)18(25)27/h6-9,14H,10-13H2,1-5H3,(H,23,28). The number of ether oxygens (including phenoxy) is 1. The second-order valence-electron chi connectivity index (χ2n) is 9.35. The van der Waals surface area contributed by atoms with Crippen LogP contribution >= 0.6 is 0 Å². The van der Waals surface area contributed by atoms with Crippen molar-refractivity contribution >= 4 is 29.6 Å². The maximum atomic E-state index is 12.8. The molecule has 0 aromatic heterocycles. The number of fused-ring (bicyclic) bond motifs is 1. The number of hydrogen-bond acceptors (Lipinski definition) is 5. The number of urea groups is 1. The summed E-state index contributed by atoms with van der Waals surface area (Å²) >= 11 is 0. The summed E-state index contributed by atoms with van der Waals surface area (Å²) in [7, 11) is 0. The van der Waals surface area contributed by atoms with Crippen molar-refractivity contribution in [2.75, 3.05) is 18.0 Å². The van der Waals surface area contributed by atoms with Crippen LogP contribution < -0.4 is 10.2 Å². The molecule has 0 radical (unpaired) electrons. The number of hydrogen-bond donors (Lipinski definition) is 1.